The van der Waals surface area contributed by atoms with Crippen LogP contribution in [0.1, 0.15) is 41.4 Å². The highest BCUT2D eigenvalue weighted by Gasteiger charge is 2.37. The molecule has 0 N–H and O–H groups in total. The monoisotopic (exact) mass is 608 g/mol. The molecule has 0 atom stereocenters. The summed E-state index contributed by atoms with van der Waals surface area (Å²) >= 11 is 0. The van der Waals surface area contributed by atoms with E-state index in [0.717, 1.165) is 9.80 Å². The van der Waals surface area contributed by atoms with Gasteiger partial charge in [0.1, 0.15) is 47.7 Å². The highest BCUT2D eigenvalue weighted by molar-refractivity contribution is 6.22. The van der Waals surface area contributed by atoms with Gasteiger partial charge in [-0.1, -0.05) is 12.1 Å². The molecule has 228 valence electrons. The van der Waals surface area contributed by atoms with E-state index in [2.05, 4.69) is 0 Å². The maximum Gasteiger partial charge on any atom is 0.261 e. The largest absolute Gasteiger partial charge is 0.497 e. The lowest BCUT2D eigenvalue weighted by Gasteiger charge is -2.14. The van der Waals surface area contributed by atoms with Gasteiger partial charge in [-0.3, -0.25) is 29.0 Å². The zero-order valence-corrected chi connectivity index (χ0v) is 24.5. The molecule has 2 aliphatic heterocycles. The molecule has 0 aromatic heterocycles. The quantitative estimate of drug-likeness (QED) is 0.208. The second kappa shape index (κ2) is 12.4. The van der Waals surface area contributed by atoms with Crippen LogP contribution in [0.3, 0.4) is 0 Å². The first kappa shape index (κ1) is 29.2. The Balaban J connectivity index is 1.08. The molecular formula is C34H28N2O9. The van der Waals surface area contributed by atoms with Gasteiger partial charge in [0.2, 0.25) is 0 Å². The number of methoxy groups -OCH3 is 2. The number of carbonyl (C=O) groups is 4. The maximum atomic E-state index is 13.1. The van der Waals surface area contributed by atoms with Crippen LogP contribution in [-0.2, 0) is 0 Å². The summed E-state index contributed by atoms with van der Waals surface area (Å²) < 4.78 is 27.7. The molecule has 2 aliphatic rings. The summed E-state index contributed by atoms with van der Waals surface area (Å²) in [7, 11) is 3.11. The van der Waals surface area contributed by atoms with E-state index in [0.29, 0.717) is 34.5 Å². The van der Waals surface area contributed by atoms with Gasteiger partial charge in [-0.25, -0.2) is 0 Å². The minimum atomic E-state index is -0.462. The molecule has 0 spiro atoms. The van der Waals surface area contributed by atoms with Gasteiger partial charge in [-0.05, 0) is 60.7 Å². The Bertz CT molecular complexity index is 1690. The Morgan fingerprint density at radius 3 is 1.29 bits per heavy atom. The molecule has 0 aliphatic carbocycles. The lowest BCUT2D eigenvalue weighted by atomic mass is 10.1. The van der Waals surface area contributed by atoms with Gasteiger partial charge in [0.05, 0.1) is 49.6 Å². The molecule has 4 amide bonds. The summed E-state index contributed by atoms with van der Waals surface area (Å²) in [6, 6.07) is 23.2. The molecule has 0 bridgehead atoms. The number of nitrogens with zero attached hydrogens (tertiary/aromatic N) is 2. The molecule has 4 aromatic rings. The van der Waals surface area contributed by atoms with E-state index in [9.17, 15) is 19.2 Å². The lowest BCUT2D eigenvalue weighted by Crippen LogP contribution is -2.33. The van der Waals surface area contributed by atoms with E-state index in [-0.39, 0.29) is 48.6 Å². The predicted molar refractivity (Wildman–Crippen MR) is 161 cm³/mol. The first-order chi connectivity index (χ1) is 21.9. The van der Waals surface area contributed by atoms with E-state index in [1.165, 1.54) is 24.3 Å². The SMILES string of the molecule is COc1cccc(OCCN2C(=O)c3ccc(Oc4ccc5c(c4)C(=O)N(CCOc4cccc(OC)c4)C5=O)cc3C2=O)c1. The van der Waals surface area contributed by atoms with Crippen LogP contribution in [0.2, 0.25) is 0 Å². The van der Waals surface area contributed by atoms with E-state index in [1.54, 1.807) is 74.9 Å². The Morgan fingerprint density at radius 1 is 0.467 bits per heavy atom. The van der Waals surface area contributed by atoms with Crippen molar-refractivity contribution < 1.29 is 42.9 Å². The summed E-state index contributed by atoms with van der Waals surface area (Å²) in [6.07, 6.45) is 0. The zero-order valence-electron chi connectivity index (χ0n) is 24.5. The molecule has 11 nitrogen and oxygen atoms in total. The number of rotatable bonds is 12. The third kappa shape index (κ3) is 5.87. The first-order valence-electron chi connectivity index (χ1n) is 14.1. The van der Waals surface area contributed by atoms with Crippen LogP contribution < -0.4 is 23.7 Å². The fourth-order valence-electron chi connectivity index (χ4n) is 5.10. The van der Waals surface area contributed by atoms with Crippen molar-refractivity contribution in [1.82, 2.24) is 9.80 Å². The molecule has 0 unspecified atom stereocenters. The van der Waals surface area contributed by atoms with Gasteiger partial charge in [0.15, 0.2) is 0 Å². The summed E-state index contributed by atoms with van der Waals surface area (Å²) in [6.45, 7) is 0.325. The minimum absolute atomic E-state index is 0.0573. The fourth-order valence-corrected chi connectivity index (χ4v) is 5.10. The van der Waals surface area contributed by atoms with Crippen molar-refractivity contribution in [2.45, 2.75) is 0 Å². The standard InChI is InChI=1S/C34H28N2O9/c1-41-21-5-3-7-23(17-21)43-15-13-35-31(37)27-11-9-25(19-29(27)33(35)39)45-26-10-12-28-30(20-26)34(40)36(32(28)38)14-16-44-24-8-4-6-22(18-24)42-2/h3-12,17-20H,13-16H2,1-2H3. The van der Waals surface area contributed by atoms with Crippen molar-refractivity contribution >= 4 is 23.6 Å². The minimum Gasteiger partial charge on any atom is -0.497 e. The van der Waals surface area contributed by atoms with E-state index >= 15 is 0 Å². The maximum absolute atomic E-state index is 13.1. The average molecular weight is 609 g/mol. The van der Waals surface area contributed by atoms with Gasteiger partial charge in [0, 0.05) is 12.1 Å². The van der Waals surface area contributed by atoms with Crippen molar-refractivity contribution in [1.29, 1.82) is 0 Å². The highest BCUT2D eigenvalue weighted by Crippen LogP contribution is 2.32. The number of ether oxygens (including phenoxy) is 5. The number of benzene rings is 4. The van der Waals surface area contributed by atoms with E-state index in [1.807, 2.05) is 0 Å². The second-order valence-electron chi connectivity index (χ2n) is 10.1. The molecule has 2 heterocycles. The Morgan fingerprint density at radius 2 is 0.867 bits per heavy atom. The smallest absolute Gasteiger partial charge is 0.261 e. The molecule has 11 heteroatoms. The van der Waals surface area contributed by atoms with Crippen molar-refractivity contribution in [2.75, 3.05) is 40.5 Å². The number of imide groups is 2. The van der Waals surface area contributed by atoms with Gasteiger partial charge in [0.25, 0.3) is 23.6 Å². The van der Waals surface area contributed by atoms with Crippen LogP contribution in [-0.4, -0.2) is 74.0 Å². The highest BCUT2D eigenvalue weighted by atomic mass is 16.5. The third-order valence-corrected chi connectivity index (χ3v) is 7.37. The van der Waals surface area contributed by atoms with Crippen molar-refractivity contribution in [3.63, 3.8) is 0 Å². The summed E-state index contributed by atoms with van der Waals surface area (Å²) in [5.74, 6) is 1.20. The molecule has 4 aromatic carbocycles. The van der Waals surface area contributed by atoms with Gasteiger partial charge in [-0.15, -0.1) is 0 Å². The van der Waals surface area contributed by atoms with Crippen LogP contribution in [0, 0.1) is 0 Å². The van der Waals surface area contributed by atoms with Crippen molar-refractivity contribution in [2.24, 2.45) is 0 Å². The predicted octanol–water partition coefficient (Wildman–Crippen LogP) is 4.85. The lowest BCUT2D eigenvalue weighted by molar-refractivity contribution is 0.0617. The molecule has 0 saturated heterocycles. The van der Waals surface area contributed by atoms with E-state index < -0.39 is 23.6 Å². The molecular weight excluding hydrogens is 580 g/mol. The first-order valence-corrected chi connectivity index (χ1v) is 14.1. The van der Waals surface area contributed by atoms with Crippen LogP contribution in [0.15, 0.2) is 84.9 Å². The molecule has 45 heavy (non-hydrogen) atoms. The summed E-state index contributed by atoms with van der Waals surface area (Å²) in [4.78, 5) is 54.3. The topological polar surface area (TPSA) is 121 Å². The normalized spacial score (nSPS) is 13.6. The Labute approximate surface area is 258 Å². The Hall–Kier alpha value is -5.84. The van der Waals surface area contributed by atoms with Crippen molar-refractivity contribution in [3.8, 4) is 34.5 Å². The van der Waals surface area contributed by atoms with Gasteiger partial charge in [-0.2, -0.15) is 0 Å². The number of amides is 4. The summed E-state index contributed by atoms with van der Waals surface area (Å²) in [5.41, 5.74) is 0.924. The molecule has 0 saturated carbocycles. The molecule has 0 radical (unpaired) electrons. The fraction of sp³-hybridized carbons (Fsp3) is 0.176. The van der Waals surface area contributed by atoms with Gasteiger partial charge >= 0.3 is 0 Å². The summed E-state index contributed by atoms with van der Waals surface area (Å²) in [5, 5.41) is 0. The third-order valence-electron chi connectivity index (χ3n) is 7.37. The number of carbonyl (C=O) groups excluding carboxylic acids is 4. The molecule has 6 rings (SSSR count). The van der Waals surface area contributed by atoms with Crippen LogP contribution in [0.25, 0.3) is 0 Å². The van der Waals surface area contributed by atoms with Crippen LogP contribution in [0.4, 0.5) is 0 Å². The van der Waals surface area contributed by atoms with Crippen LogP contribution >= 0.6 is 0 Å². The van der Waals surface area contributed by atoms with Crippen LogP contribution in [0.5, 0.6) is 34.5 Å². The number of hydrogen-bond donors (Lipinski definition) is 0. The Kier molecular flexibility index (Phi) is 8.06. The molecule has 0 fully saturated rings. The van der Waals surface area contributed by atoms with Gasteiger partial charge < -0.3 is 23.7 Å². The average Bonchev–Trinajstić information content (AvgIpc) is 3.44. The second-order valence-corrected chi connectivity index (χ2v) is 10.1. The number of hydrogen-bond acceptors (Lipinski definition) is 9. The van der Waals surface area contributed by atoms with Crippen molar-refractivity contribution in [3.05, 3.63) is 107 Å². The zero-order chi connectivity index (χ0) is 31.5. The van der Waals surface area contributed by atoms with E-state index in [4.69, 9.17) is 23.7 Å². The number of fused-ring (bicyclic) bond motifs is 2.